The predicted octanol–water partition coefficient (Wildman–Crippen LogP) is 3.20. The minimum Gasteiger partial charge on any atom is -0.469 e. The molecule has 1 aromatic rings. The van der Waals surface area contributed by atoms with Gasteiger partial charge in [-0.25, -0.2) is 0 Å². The second kappa shape index (κ2) is 5.12. The van der Waals surface area contributed by atoms with E-state index < -0.39 is 0 Å². The fourth-order valence-electron chi connectivity index (χ4n) is 1.35. The summed E-state index contributed by atoms with van der Waals surface area (Å²) in [6.45, 7) is 5.81. The summed E-state index contributed by atoms with van der Waals surface area (Å²) in [5.41, 5.74) is 2.86. The zero-order valence-electron chi connectivity index (χ0n) is 8.84. The fraction of sp³-hybridized carbons (Fsp3) is 0.250. The Kier molecular flexibility index (Phi) is 4.09. The number of halogens is 1. The van der Waals surface area contributed by atoms with Gasteiger partial charge in [0.1, 0.15) is 0 Å². The van der Waals surface area contributed by atoms with Gasteiger partial charge in [0.15, 0.2) is 0 Å². The van der Waals surface area contributed by atoms with E-state index in [0.29, 0.717) is 0 Å². The van der Waals surface area contributed by atoms with Gasteiger partial charge in [0.05, 0.1) is 13.5 Å². The quantitative estimate of drug-likeness (QED) is 0.788. The molecule has 0 bridgehead atoms. The normalized spacial score (nSPS) is 9.80. The minimum atomic E-state index is -0.246. The van der Waals surface area contributed by atoms with Gasteiger partial charge in [0.2, 0.25) is 0 Å². The highest BCUT2D eigenvalue weighted by molar-refractivity contribution is 9.10. The Morgan fingerprint density at radius 1 is 1.53 bits per heavy atom. The molecule has 0 aliphatic rings. The van der Waals surface area contributed by atoms with E-state index in [2.05, 4.69) is 27.2 Å². The van der Waals surface area contributed by atoms with Gasteiger partial charge in [-0.3, -0.25) is 4.79 Å². The molecule has 0 fully saturated rings. The van der Waals surface area contributed by atoms with Crippen LogP contribution in [0.2, 0.25) is 0 Å². The predicted molar refractivity (Wildman–Crippen MR) is 64.6 cm³/mol. The van der Waals surface area contributed by atoms with Crippen molar-refractivity contribution in [3.8, 4) is 0 Å². The number of carbonyl (C=O) groups excluding carboxylic acids is 1. The van der Waals surface area contributed by atoms with Crippen molar-refractivity contribution in [2.45, 2.75) is 13.3 Å². The van der Waals surface area contributed by atoms with Crippen molar-refractivity contribution in [2.24, 2.45) is 0 Å². The van der Waals surface area contributed by atoms with E-state index in [-0.39, 0.29) is 12.4 Å². The van der Waals surface area contributed by atoms with E-state index in [4.69, 9.17) is 0 Å². The first-order valence-electron chi connectivity index (χ1n) is 4.56. The van der Waals surface area contributed by atoms with Crippen LogP contribution in [0.4, 0.5) is 0 Å². The Balaban J connectivity index is 3.13. The molecule has 0 spiro atoms. The van der Waals surface area contributed by atoms with Crippen LogP contribution in [0.25, 0.3) is 5.57 Å². The smallest absolute Gasteiger partial charge is 0.310 e. The average molecular weight is 269 g/mol. The van der Waals surface area contributed by atoms with Gasteiger partial charge in [-0.15, -0.1) is 0 Å². The number of rotatable bonds is 3. The number of ether oxygens (including phenoxy) is 1. The van der Waals surface area contributed by atoms with E-state index in [9.17, 15) is 4.79 Å². The van der Waals surface area contributed by atoms with Crippen molar-refractivity contribution in [3.05, 3.63) is 40.4 Å². The van der Waals surface area contributed by atoms with Crippen LogP contribution < -0.4 is 0 Å². The van der Waals surface area contributed by atoms with Crippen LogP contribution in [-0.4, -0.2) is 13.1 Å². The number of methoxy groups -OCH3 is 1. The third-order valence-corrected chi connectivity index (χ3v) is 2.87. The molecule has 1 aromatic carbocycles. The minimum absolute atomic E-state index is 0.246. The van der Waals surface area contributed by atoms with Crippen molar-refractivity contribution >= 4 is 27.5 Å². The monoisotopic (exact) mass is 268 g/mol. The molecule has 0 aliphatic carbocycles. The van der Waals surface area contributed by atoms with Crippen LogP contribution in [0.15, 0.2) is 29.3 Å². The molecule has 2 nitrogen and oxygen atoms in total. The molecule has 15 heavy (non-hydrogen) atoms. The number of hydrogen-bond acceptors (Lipinski definition) is 2. The molecule has 0 saturated carbocycles. The third kappa shape index (κ3) is 2.93. The molecule has 0 unspecified atom stereocenters. The molecule has 0 radical (unpaired) electrons. The first kappa shape index (κ1) is 12.0. The summed E-state index contributed by atoms with van der Waals surface area (Å²) >= 11 is 3.42. The van der Waals surface area contributed by atoms with Crippen LogP contribution in [0, 0.1) is 0 Å². The van der Waals surface area contributed by atoms with Crippen LogP contribution in [0.5, 0.6) is 0 Å². The lowest BCUT2D eigenvalue weighted by Gasteiger charge is -2.10. The molecule has 0 saturated heterocycles. The summed E-state index contributed by atoms with van der Waals surface area (Å²) in [5.74, 6) is -0.246. The zero-order valence-corrected chi connectivity index (χ0v) is 10.4. The van der Waals surface area contributed by atoms with Gasteiger partial charge in [0, 0.05) is 4.47 Å². The first-order valence-corrected chi connectivity index (χ1v) is 5.35. The van der Waals surface area contributed by atoms with Crippen LogP contribution in [0.1, 0.15) is 18.1 Å². The maximum absolute atomic E-state index is 11.2. The first-order chi connectivity index (χ1) is 7.06. The Morgan fingerprint density at radius 2 is 2.20 bits per heavy atom. The van der Waals surface area contributed by atoms with Crippen LogP contribution in [0.3, 0.4) is 0 Å². The maximum atomic E-state index is 11.2. The van der Waals surface area contributed by atoms with E-state index in [1.54, 1.807) is 0 Å². The molecule has 0 heterocycles. The van der Waals surface area contributed by atoms with E-state index >= 15 is 0 Å². The summed E-state index contributed by atoms with van der Waals surface area (Å²) < 4.78 is 5.56. The van der Waals surface area contributed by atoms with Crippen molar-refractivity contribution in [1.82, 2.24) is 0 Å². The van der Waals surface area contributed by atoms with Crippen molar-refractivity contribution in [3.63, 3.8) is 0 Å². The number of allylic oxidation sites excluding steroid dienone is 1. The Morgan fingerprint density at radius 3 is 2.73 bits per heavy atom. The van der Waals surface area contributed by atoms with E-state index in [0.717, 1.165) is 21.2 Å². The van der Waals surface area contributed by atoms with Gasteiger partial charge in [-0.1, -0.05) is 40.2 Å². The summed E-state index contributed by atoms with van der Waals surface area (Å²) in [6.07, 6.45) is 0.264. The standard InChI is InChI=1S/C12H13BrO2/c1-8(2)9-5-4-6-11(13)10(9)7-12(14)15-3/h4-6H,1,7H2,2-3H3. The molecule has 0 amide bonds. The second-order valence-corrected chi connectivity index (χ2v) is 4.15. The Labute approximate surface area is 98.1 Å². The van der Waals surface area contributed by atoms with Crippen molar-refractivity contribution in [1.29, 1.82) is 0 Å². The lowest BCUT2D eigenvalue weighted by molar-refractivity contribution is -0.139. The van der Waals surface area contributed by atoms with Gasteiger partial charge >= 0.3 is 5.97 Å². The molecular formula is C12H13BrO2. The molecule has 0 aromatic heterocycles. The highest BCUT2D eigenvalue weighted by atomic mass is 79.9. The number of benzene rings is 1. The lowest BCUT2D eigenvalue weighted by Crippen LogP contribution is -2.07. The van der Waals surface area contributed by atoms with Crippen molar-refractivity contribution in [2.75, 3.05) is 7.11 Å². The molecule has 1 rings (SSSR count). The maximum Gasteiger partial charge on any atom is 0.310 e. The lowest BCUT2D eigenvalue weighted by atomic mass is 10.00. The fourth-order valence-corrected chi connectivity index (χ4v) is 1.86. The van der Waals surface area contributed by atoms with Gasteiger partial charge in [-0.05, 0) is 24.1 Å². The molecule has 80 valence electrons. The summed E-state index contributed by atoms with van der Waals surface area (Å²) in [4.78, 5) is 11.2. The van der Waals surface area contributed by atoms with E-state index in [1.807, 2.05) is 25.1 Å². The molecule has 0 N–H and O–H groups in total. The van der Waals surface area contributed by atoms with Crippen LogP contribution >= 0.6 is 15.9 Å². The molecule has 0 aliphatic heterocycles. The summed E-state index contributed by atoms with van der Waals surface area (Å²) in [6, 6.07) is 5.78. The molecular weight excluding hydrogens is 256 g/mol. The highest BCUT2D eigenvalue weighted by Crippen LogP contribution is 2.25. The molecule has 3 heteroatoms. The van der Waals surface area contributed by atoms with Crippen LogP contribution in [-0.2, 0) is 16.0 Å². The number of carbonyl (C=O) groups is 1. The third-order valence-electron chi connectivity index (χ3n) is 2.13. The zero-order chi connectivity index (χ0) is 11.4. The molecule has 0 atom stereocenters. The number of hydrogen-bond donors (Lipinski definition) is 0. The van der Waals surface area contributed by atoms with Gasteiger partial charge < -0.3 is 4.74 Å². The average Bonchev–Trinajstić information content (AvgIpc) is 2.20. The largest absolute Gasteiger partial charge is 0.469 e. The summed E-state index contributed by atoms with van der Waals surface area (Å²) in [5, 5.41) is 0. The highest BCUT2D eigenvalue weighted by Gasteiger charge is 2.11. The second-order valence-electron chi connectivity index (χ2n) is 3.30. The Bertz CT molecular complexity index is 397. The number of esters is 1. The Hall–Kier alpha value is -1.09. The topological polar surface area (TPSA) is 26.3 Å². The van der Waals surface area contributed by atoms with Crippen molar-refractivity contribution < 1.29 is 9.53 Å². The van der Waals surface area contributed by atoms with Gasteiger partial charge in [0.25, 0.3) is 0 Å². The van der Waals surface area contributed by atoms with Gasteiger partial charge in [-0.2, -0.15) is 0 Å². The SMILES string of the molecule is C=C(C)c1cccc(Br)c1CC(=O)OC. The summed E-state index contributed by atoms with van der Waals surface area (Å²) in [7, 11) is 1.39. The van der Waals surface area contributed by atoms with E-state index in [1.165, 1.54) is 7.11 Å².